The van der Waals surface area contributed by atoms with Crippen molar-refractivity contribution < 1.29 is 19.1 Å². The van der Waals surface area contributed by atoms with Gasteiger partial charge in [0, 0.05) is 18.3 Å². The van der Waals surface area contributed by atoms with Crippen molar-refractivity contribution in [2.45, 2.75) is 20.0 Å². The first-order valence-corrected chi connectivity index (χ1v) is 8.66. The SMILES string of the molecule is CC(=O)Nc1ccc(NC(=O)C(C)OC(=O)c2ccccc2-n2cnnn2)cc1. The van der Waals surface area contributed by atoms with E-state index < -0.39 is 18.0 Å². The van der Waals surface area contributed by atoms with Crippen LogP contribution < -0.4 is 10.6 Å². The zero-order chi connectivity index (χ0) is 20.8. The van der Waals surface area contributed by atoms with E-state index in [1.54, 1.807) is 48.5 Å². The lowest BCUT2D eigenvalue weighted by atomic mass is 10.2. The number of para-hydroxylation sites is 1. The Morgan fingerprint density at radius 3 is 2.28 bits per heavy atom. The molecule has 1 unspecified atom stereocenters. The number of anilines is 2. The Bertz CT molecular complexity index is 1020. The Kier molecular flexibility index (Phi) is 5.93. The fourth-order valence-electron chi connectivity index (χ4n) is 2.48. The van der Waals surface area contributed by atoms with Gasteiger partial charge in [-0.1, -0.05) is 12.1 Å². The molecule has 3 rings (SSSR count). The number of hydrogen-bond acceptors (Lipinski definition) is 7. The van der Waals surface area contributed by atoms with Gasteiger partial charge in [0.2, 0.25) is 5.91 Å². The van der Waals surface area contributed by atoms with E-state index in [2.05, 4.69) is 26.2 Å². The van der Waals surface area contributed by atoms with Crippen LogP contribution in [0.3, 0.4) is 0 Å². The third-order valence-electron chi connectivity index (χ3n) is 3.85. The number of aromatic nitrogens is 4. The summed E-state index contributed by atoms with van der Waals surface area (Å²) in [6, 6.07) is 13.2. The molecule has 2 amide bonds. The van der Waals surface area contributed by atoms with Crippen molar-refractivity contribution in [1.29, 1.82) is 0 Å². The highest BCUT2D eigenvalue weighted by molar-refractivity contribution is 5.99. The van der Waals surface area contributed by atoms with Crippen molar-refractivity contribution in [3.05, 3.63) is 60.4 Å². The van der Waals surface area contributed by atoms with Crippen LogP contribution in [0.1, 0.15) is 24.2 Å². The molecule has 0 fully saturated rings. The zero-order valence-electron chi connectivity index (χ0n) is 15.7. The number of ether oxygens (including phenoxy) is 1. The summed E-state index contributed by atoms with van der Waals surface area (Å²) < 4.78 is 6.63. The largest absolute Gasteiger partial charge is 0.449 e. The maximum atomic E-state index is 12.6. The first kappa shape index (κ1) is 19.7. The minimum Gasteiger partial charge on any atom is -0.449 e. The lowest BCUT2D eigenvalue weighted by Crippen LogP contribution is -2.30. The Balaban J connectivity index is 1.64. The van der Waals surface area contributed by atoms with E-state index in [-0.39, 0.29) is 11.5 Å². The van der Waals surface area contributed by atoms with Gasteiger partial charge in [0.05, 0.1) is 11.3 Å². The van der Waals surface area contributed by atoms with E-state index in [0.717, 1.165) is 0 Å². The number of amides is 2. The van der Waals surface area contributed by atoms with Crippen LogP contribution in [0.4, 0.5) is 11.4 Å². The van der Waals surface area contributed by atoms with E-state index in [1.807, 2.05) is 0 Å². The molecule has 2 N–H and O–H groups in total. The average Bonchev–Trinajstić information content (AvgIpc) is 3.23. The van der Waals surface area contributed by atoms with Crippen LogP contribution in [0.5, 0.6) is 0 Å². The third-order valence-corrected chi connectivity index (χ3v) is 3.85. The standard InChI is InChI=1S/C19H18N6O4/c1-12(18(27)22-15-9-7-14(8-10-15)21-13(2)26)29-19(28)16-5-3-4-6-17(16)25-11-20-23-24-25/h3-12H,1-2H3,(H,21,26)(H,22,27). The molecule has 1 aromatic heterocycles. The van der Waals surface area contributed by atoms with Crippen molar-refractivity contribution >= 4 is 29.2 Å². The van der Waals surface area contributed by atoms with Gasteiger partial charge in [0.1, 0.15) is 6.33 Å². The summed E-state index contributed by atoms with van der Waals surface area (Å²) in [5.41, 5.74) is 1.76. The van der Waals surface area contributed by atoms with Crippen molar-refractivity contribution in [3.63, 3.8) is 0 Å². The summed E-state index contributed by atoms with van der Waals surface area (Å²) in [5.74, 6) is -1.37. The average molecular weight is 394 g/mol. The molecule has 0 aliphatic carbocycles. The molecule has 0 saturated heterocycles. The number of carbonyl (C=O) groups is 3. The molecule has 0 aliphatic heterocycles. The molecule has 10 nitrogen and oxygen atoms in total. The molecule has 148 valence electrons. The second kappa shape index (κ2) is 8.74. The molecule has 29 heavy (non-hydrogen) atoms. The van der Waals surface area contributed by atoms with E-state index in [0.29, 0.717) is 17.1 Å². The molecule has 0 bridgehead atoms. The normalized spacial score (nSPS) is 11.4. The number of nitrogens with one attached hydrogen (secondary N) is 2. The first-order chi connectivity index (χ1) is 13.9. The molecule has 3 aromatic rings. The molecule has 0 radical (unpaired) electrons. The smallest absolute Gasteiger partial charge is 0.341 e. The number of benzene rings is 2. The number of esters is 1. The predicted octanol–water partition coefficient (Wildman–Crippen LogP) is 1.80. The molecule has 0 spiro atoms. The van der Waals surface area contributed by atoms with Crippen LogP contribution in [0.2, 0.25) is 0 Å². The van der Waals surface area contributed by atoms with Gasteiger partial charge in [0.15, 0.2) is 6.10 Å². The van der Waals surface area contributed by atoms with Gasteiger partial charge in [-0.2, -0.15) is 4.68 Å². The first-order valence-electron chi connectivity index (χ1n) is 8.66. The minimum absolute atomic E-state index is 0.190. The summed E-state index contributed by atoms with van der Waals surface area (Å²) in [5, 5.41) is 16.2. The molecule has 2 aromatic carbocycles. The molecule has 1 heterocycles. The zero-order valence-corrected chi connectivity index (χ0v) is 15.7. The van der Waals surface area contributed by atoms with E-state index >= 15 is 0 Å². The number of tetrazole rings is 1. The van der Waals surface area contributed by atoms with Crippen LogP contribution in [0.15, 0.2) is 54.9 Å². The van der Waals surface area contributed by atoms with Crippen LogP contribution >= 0.6 is 0 Å². The van der Waals surface area contributed by atoms with Gasteiger partial charge in [-0.15, -0.1) is 5.10 Å². The van der Waals surface area contributed by atoms with Crippen LogP contribution in [0, 0.1) is 0 Å². The van der Waals surface area contributed by atoms with Gasteiger partial charge in [-0.25, -0.2) is 4.79 Å². The summed E-state index contributed by atoms with van der Waals surface area (Å²) in [6.07, 6.45) is 0.312. The second-order valence-electron chi connectivity index (χ2n) is 6.07. The van der Waals surface area contributed by atoms with Crippen molar-refractivity contribution in [3.8, 4) is 5.69 Å². The van der Waals surface area contributed by atoms with Crippen LogP contribution in [-0.4, -0.2) is 44.1 Å². The quantitative estimate of drug-likeness (QED) is 0.610. The molecule has 10 heteroatoms. The predicted molar refractivity (Wildman–Crippen MR) is 103 cm³/mol. The van der Waals surface area contributed by atoms with Gasteiger partial charge < -0.3 is 15.4 Å². The van der Waals surface area contributed by atoms with Crippen molar-refractivity contribution in [1.82, 2.24) is 20.2 Å². The number of nitrogens with zero attached hydrogens (tertiary/aromatic N) is 4. The third kappa shape index (κ3) is 5.01. The van der Waals surface area contributed by atoms with Gasteiger partial charge in [-0.3, -0.25) is 9.59 Å². The summed E-state index contributed by atoms with van der Waals surface area (Å²) in [7, 11) is 0. The maximum Gasteiger partial charge on any atom is 0.341 e. The Labute approximate surface area is 165 Å². The highest BCUT2D eigenvalue weighted by Crippen LogP contribution is 2.16. The Morgan fingerprint density at radius 1 is 1.00 bits per heavy atom. The van der Waals surface area contributed by atoms with Gasteiger partial charge in [-0.05, 0) is 53.7 Å². The Hall–Kier alpha value is -4.08. The van der Waals surface area contributed by atoms with Gasteiger partial charge >= 0.3 is 5.97 Å². The van der Waals surface area contributed by atoms with Gasteiger partial charge in [0.25, 0.3) is 5.91 Å². The molecule has 0 aliphatic rings. The van der Waals surface area contributed by atoms with E-state index in [1.165, 1.54) is 24.9 Å². The molecular weight excluding hydrogens is 376 g/mol. The number of hydrogen-bond donors (Lipinski definition) is 2. The number of carbonyl (C=O) groups excluding carboxylic acids is 3. The maximum absolute atomic E-state index is 12.6. The van der Waals surface area contributed by atoms with Crippen molar-refractivity contribution in [2.24, 2.45) is 0 Å². The Morgan fingerprint density at radius 2 is 1.66 bits per heavy atom. The summed E-state index contributed by atoms with van der Waals surface area (Å²) in [6.45, 7) is 2.88. The fraction of sp³-hybridized carbons (Fsp3) is 0.158. The highest BCUT2D eigenvalue weighted by atomic mass is 16.5. The van der Waals surface area contributed by atoms with E-state index in [9.17, 15) is 14.4 Å². The van der Waals surface area contributed by atoms with Crippen LogP contribution in [-0.2, 0) is 14.3 Å². The lowest BCUT2D eigenvalue weighted by Gasteiger charge is -2.15. The van der Waals surface area contributed by atoms with E-state index in [4.69, 9.17) is 4.74 Å². The molecule has 1 atom stereocenters. The number of rotatable bonds is 6. The molecular formula is C19H18N6O4. The highest BCUT2D eigenvalue weighted by Gasteiger charge is 2.21. The summed E-state index contributed by atoms with van der Waals surface area (Å²) >= 11 is 0. The fourth-order valence-corrected chi connectivity index (χ4v) is 2.48. The minimum atomic E-state index is -1.04. The van der Waals surface area contributed by atoms with Crippen molar-refractivity contribution in [2.75, 3.05) is 10.6 Å². The second-order valence-corrected chi connectivity index (χ2v) is 6.07. The molecule has 0 saturated carbocycles. The van der Waals surface area contributed by atoms with Crippen LogP contribution in [0.25, 0.3) is 5.69 Å². The lowest BCUT2D eigenvalue weighted by molar-refractivity contribution is -0.123. The monoisotopic (exact) mass is 394 g/mol. The summed E-state index contributed by atoms with van der Waals surface area (Å²) in [4.78, 5) is 36.0. The topological polar surface area (TPSA) is 128 Å².